The number of hydrogen-bond acceptors (Lipinski definition) is 5. The normalized spacial score (nSPS) is 10.1. The van der Waals surface area contributed by atoms with Gasteiger partial charge in [-0.2, -0.15) is 0 Å². The second-order valence-electron chi connectivity index (χ2n) is 4.86. The molecule has 24 heavy (non-hydrogen) atoms. The van der Waals surface area contributed by atoms with Crippen LogP contribution in [0, 0.1) is 12.3 Å². The molecule has 0 unspecified atom stereocenters. The van der Waals surface area contributed by atoms with Crippen molar-refractivity contribution in [2.75, 3.05) is 6.54 Å². The molecule has 2 N–H and O–H groups in total. The van der Waals surface area contributed by atoms with Gasteiger partial charge in [0.15, 0.2) is 0 Å². The van der Waals surface area contributed by atoms with E-state index in [-0.39, 0.29) is 23.8 Å². The molecule has 0 bridgehead atoms. The molecule has 0 radical (unpaired) electrons. The number of nitrogens with one attached hydrogen (secondary N) is 1. The van der Waals surface area contributed by atoms with Crippen molar-refractivity contribution in [2.24, 2.45) is 0 Å². The number of phenols is 1. The Labute approximate surface area is 137 Å². The third kappa shape index (κ3) is 3.08. The van der Waals surface area contributed by atoms with Crippen LogP contribution in [0.5, 0.6) is 5.75 Å². The Balaban J connectivity index is 1.87. The minimum absolute atomic E-state index is 0.117. The van der Waals surface area contributed by atoms with Crippen molar-refractivity contribution in [1.29, 1.82) is 0 Å². The van der Waals surface area contributed by atoms with Gasteiger partial charge in [0.1, 0.15) is 11.4 Å². The summed E-state index contributed by atoms with van der Waals surface area (Å²) in [5.74, 6) is 2.24. The van der Waals surface area contributed by atoms with Crippen molar-refractivity contribution < 1.29 is 9.90 Å². The third-order valence-electron chi connectivity index (χ3n) is 3.25. The number of aromatic nitrogens is 4. The maximum atomic E-state index is 11.8. The van der Waals surface area contributed by atoms with Crippen LogP contribution in [0.25, 0.3) is 17.1 Å². The Morgan fingerprint density at radius 2 is 2.04 bits per heavy atom. The van der Waals surface area contributed by atoms with E-state index in [0.29, 0.717) is 11.5 Å². The SMILES string of the molecule is C#CCNC(=O)c1ccc(-n2nnc(-c3ccccc3)n2)c(O)c1. The van der Waals surface area contributed by atoms with E-state index in [4.69, 9.17) is 6.42 Å². The highest BCUT2D eigenvalue weighted by Gasteiger charge is 2.13. The molecule has 0 fully saturated rings. The molecule has 0 saturated heterocycles. The third-order valence-corrected chi connectivity index (χ3v) is 3.25. The number of nitrogens with zero attached hydrogens (tertiary/aromatic N) is 4. The summed E-state index contributed by atoms with van der Waals surface area (Å²) in [5.41, 5.74) is 1.42. The van der Waals surface area contributed by atoms with Gasteiger partial charge in [-0.15, -0.1) is 21.4 Å². The molecule has 3 rings (SSSR count). The van der Waals surface area contributed by atoms with E-state index < -0.39 is 0 Å². The molecule has 0 atom stereocenters. The fraction of sp³-hybridized carbons (Fsp3) is 0.0588. The molecule has 0 spiro atoms. The molecular weight excluding hydrogens is 306 g/mol. The summed E-state index contributed by atoms with van der Waals surface area (Å²) in [6.45, 7) is 0.117. The van der Waals surface area contributed by atoms with Gasteiger partial charge < -0.3 is 10.4 Å². The molecule has 1 heterocycles. The molecular formula is C17H13N5O2. The van der Waals surface area contributed by atoms with Crippen molar-refractivity contribution in [1.82, 2.24) is 25.5 Å². The van der Waals surface area contributed by atoms with Crippen molar-refractivity contribution in [3.63, 3.8) is 0 Å². The van der Waals surface area contributed by atoms with Gasteiger partial charge in [-0.3, -0.25) is 4.79 Å². The van der Waals surface area contributed by atoms with Gasteiger partial charge in [-0.1, -0.05) is 36.3 Å². The predicted octanol–water partition coefficient (Wildman–Crippen LogP) is 1.40. The van der Waals surface area contributed by atoms with Crippen LogP contribution >= 0.6 is 0 Å². The van der Waals surface area contributed by atoms with E-state index in [1.165, 1.54) is 16.9 Å². The maximum Gasteiger partial charge on any atom is 0.252 e. The summed E-state index contributed by atoms with van der Waals surface area (Å²) >= 11 is 0. The number of hydrogen-bond donors (Lipinski definition) is 2. The van der Waals surface area contributed by atoms with E-state index in [0.717, 1.165) is 5.56 Å². The Morgan fingerprint density at radius 3 is 2.75 bits per heavy atom. The maximum absolute atomic E-state index is 11.8. The summed E-state index contributed by atoms with van der Waals surface area (Å²) in [4.78, 5) is 13.0. The molecule has 0 aliphatic carbocycles. The number of benzene rings is 2. The van der Waals surface area contributed by atoms with Crippen molar-refractivity contribution in [3.05, 3.63) is 54.1 Å². The Hall–Kier alpha value is -3.66. The van der Waals surface area contributed by atoms with E-state index in [9.17, 15) is 9.90 Å². The molecule has 7 nitrogen and oxygen atoms in total. The summed E-state index contributed by atoms with van der Waals surface area (Å²) in [6, 6.07) is 13.8. The number of amides is 1. The van der Waals surface area contributed by atoms with Crippen molar-refractivity contribution in [3.8, 4) is 35.2 Å². The van der Waals surface area contributed by atoms with Gasteiger partial charge >= 0.3 is 0 Å². The van der Waals surface area contributed by atoms with Gasteiger partial charge in [-0.25, -0.2) is 0 Å². The largest absolute Gasteiger partial charge is 0.506 e. The van der Waals surface area contributed by atoms with Crippen LogP contribution in [0.4, 0.5) is 0 Å². The van der Waals surface area contributed by atoms with E-state index in [2.05, 4.69) is 26.6 Å². The summed E-state index contributed by atoms with van der Waals surface area (Å²) in [5, 5.41) is 24.8. The second kappa shape index (κ2) is 6.62. The lowest BCUT2D eigenvalue weighted by Gasteiger charge is -2.05. The minimum Gasteiger partial charge on any atom is -0.506 e. The first kappa shape index (κ1) is 15.2. The lowest BCUT2D eigenvalue weighted by Crippen LogP contribution is -2.23. The van der Waals surface area contributed by atoms with Crippen LogP contribution < -0.4 is 5.32 Å². The minimum atomic E-state index is -0.369. The molecule has 7 heteroatoms. The molecule has 2 aromatic carbocycles. The van der Waals surface area contributed by atoms with E-state index >= 15 is 0 Å². The van der Waals surface area contributed by atoms with Crippen molar-refractivity contribution >= 4 is 5.91 Å². The van der Waals surface area contributed by atoms with Crippen LogP contribution in [0.3, 0.4) is 0 Å². The van der Waals surface area contributed by atoms with Crippen LogP contribution in [0.15, 0.2) is 48.5 Å². The zero-order valence-electron chi connectivity index (χ0n) is 12.5. The number of phenolic OH excluding ortho intramolecular Hbond substituents is 1. The molecule has 118 valence electrons. The van der Waals surface area contributed by atoms with Crippen LogP contribution in [0.2, 0.25) is 0 Å². The number of aromatic hydroxyl groups is 1. The van der Waals surface area contributed by atoms with Crippen LogP contribution in [-0.4, -0.2) is 37.8 Å². The van der Waals surface area contributed by atoms with Gasteiger partial charge in [0.2, 0.25) is 5.82 Å². The summed E-state index contributed by atoms with van der Waals surface area (Å²) < 4.78 is 0. The summed E-state index contributed by atoms with van der Waals surface area (Å²) in [7, 11) is 0. The first-order chi connectivity index (χ1) is 11.7. The van der Waals surface area contributed by atoms with Gasteiger partial charge in [0, 0.05) is 11.1 Å². The molecule has 0 aliphatic rings. The highest BCUT2D eigenvalue weighted by atomic mass is 16.3. The highest BCUT2D eigenvalue weighted by molar-refractivity contribution is 5.95. The number of rotatable bonds is 4. The lowest BCUT2D eigenvalue weighted by atomic mass is 10.2. The quantitative estimate of drug-likeness (QED) is 0.709. The fourth-order valence-electron chi connectivity index (χ4n) is 2.09. The number of carbonyl (C=O) groups is 1. The zero-order chi connectivity index (χ0) is 16.9. The molecule has 1 amide bonds. The fourth-order valence-corrected chi connectivity index (χ4v) is 2.09. The standard InChI is InChI=1S/C17H13N5O2/c1-2-10-18-17(24)13-8-9-14(15(23)11-13)22-20-16(19-21-22)12-6-4-3-5-7-12/h1,3-9,11,23H,10H2,(H,18,24). The Kier molecular flexibility index (Phi) is 4.21. The van der Waals surface area contributed by atoms with E-state index in [1.807, 2.05) is 30.3 Å². The highest BCUT2D eigenvalue weighted by Crippen LogP contribution is 2.22. The van der Waals surface area contributed by atoms with Crippen LogP contribution in [-0.2, 0) is 0 Å². The van der Waals surface area contributed by atoms with Gasteiger partial charge in [-0.05, 0) is 23.4 Å². The van der Waals surface area contributed by atoms with Crippen molar-refractivity contribution in [2.45, 2.75) is 0 Å². The number of carbonyl (C=O) groups excluding carboxylic acids is 1. The predicted molar refractivity (Wildman–Crippen MR) is 87.4 cm³/mol. The van der Waals surface area contributed by atoms with Crippen LogP contribution in [0.1, 0.15) is 10.4 Å². The molecule has 1 aromatic heterocycles. The van der Waals surface area contributed by atoms with E-state index in [1.54, 1.807) is 6.07 Å². The first-order valence-corrected chi connectivity index (χ1v) is 7.09. The number of tetrazole rings is 1. The topological polar surface area (TPSA) is 92.9 Å². The lowest BCUT2D eigenvalue weighted by molar-refractivity contribution is 0.0958. The average Bonchev–Trinajstić information content (AvgIpc) is 3.10. The molecule has 3 aromatic rings. The number of terminal acetylenes is 1. The average molecular weight is 319 g/mol. The van der Waals surface area contributed by atoms with Gasteiger partial charge in [0.05, 0.1) is 6.54 Å². The summed E-state index contributed by atoms with van der Waals surface area (Å²) in [6.07, 6.45) is 5.09. The Bertz CT molecular complexity index is 912. The smallest absolute Gasteiger partial charge is 0.252 e. The first-order valence-electron chi connectivity index (χ1n) is 7.09. The molecule has 0 saturated carbocycles. The second-order valence-corrected chi connectivity index (χ2v) is 4.86. The zero-order valence-corrected chi connectivity index (χ0v) is 12.5. The molecule has 0 aliphatic heterocycles. The monoisotopic (exact) mass is 319 g/mol. The Morgan fingerprint density at radius 1 is 1.25 bits per heavy atom. The van der Waals surface area contributed by atoms with Gasteiger partial charge in [0.25, 0.3) is 5.91 Å².